The molecule has 0 radical (unpaired) electrons. The zero-order chi connectivity index (χ0) is 14.3. The van der Waals surface area contributed by atoms with E-state index in [0.717, 1.165) is 6.07 Å². The first-order chi connectivity index (χ1) is 8.84. The van der Waals surface area contributed by atoms with Crippen molar-refractivity contribution in [1.82, 2.24) is 4.98 Å². The van der Waals surface area contributed by atoms with Gasteiger partial charge in [-0.3, -0.25) is 0 Å². The molecular formula is C11H2Cl6FN. The molecule has 19 heavy (non-hydrogen) atoms. The molecule has 2 rings (SSSR count). The summed E-state index contributed by atoms with van der Waals surface area (Å²) in [6, 6.07) is 1.13. The Balaban J connectivity index is 2.79. The summed E-state index contributed by atoms with van der Waals surface area (Å²) in [6.45, 7) is 0. The second-order valence-electron chi connectivity index (χ2n) is 3.44. The van der Waals surface area contributed by atoms with Gasteiger partial charge in [0.05, 0.1) is 25.1 Å². The summed E-state index contributed by atoms with van der Waals surface area (Å²) >= 11 is 35.4. The van der Waals surface area contributed by atoms with Gasteiger partial charge in [0.25, 0.3) is 0 Å². The van der Waals surface area contributed by atoms with Crippen LogP contribution in [0.4, 0.5) is 4.39 Å². The largest absolute Gasteiger partial charge is 0.241 e. The summed E-state index contributed by atoms with van der Waals surface area (Å²) in [5, 5.41) is -0.0491. The number of rotatable bonds is 1. The second-order valence-corrected chi connectivity index (χ2v) is 5.69. The Labute approximate surface area is 138 Å². The number of pyridine rings is 1. The Morgan fingerprint density at radius 2 is 1.26 bits per heavy atom. The lowest BCUT2D eigenvalue weighted by molar-refractivity contribution is 0.622. The Kier molecular flexibility index (Phi) is 4.71. The second kappa shape index (κ2) is 5.80. The van der Waals surface area contributed by atoms with E-state index in [-0.39, 0.29) is 41.4 Å². The molecule has 1 aromatic carbocycles. The highest BCUT2D eigenvalue weighted by molar-refractivity contribution is 6.56. The fraction of sp³-hybridized carbons (Fsp3) is 0. The molecule has 0 saturated heterocycles. The Hall–Kier alpha value is 0.0400. The predicted octanol–water partition coefficient (Wildman–Crippen LogP) is 6.81. The van der Waals surface area contributed by atoms with Crippen LogP contribution in [-0.4, -0.2) is 4.98 Å². The van der Waals surface area contributed by atoms with Crippen molar-refractivity contribution < 1.29 is 4.39 Å². The Morgan fingerprint density at radius 3 is 1.74 bits per heavy atom. The van der Waals surface area contributed by atoms with E-state index in [2.05, 4.69) is 4.98 Å². The molecule has 0 N–H and O–H groups in total. The fourth-order valence-corrected chi connectivity index (χ4v) is 2.88. The van der Waals surface area contributed by atoms with E-state index in [1.54, 1.807) is 0 Å². The van der Waals surface area contributed by atoms with Gasteiger partial charge in [0, 0.05) is 17.3 Å². The lowest BCUT2D eigenvalue weighted by Crippen LogP contribution is -1.90. The predicted molar refractivity (Wildman–Crippen MR) is 79.7 cm³/mol. The Morgan fingerprint density at radius 1 is 0.789 bits per heavy atom. The van der Waals surface area contributed by atoms with Crippen molar-refractivity contribution in [3.63, 3.8) is 0 Å². The minimum absolute atomic E-state index is 0.0306. The van der Waals surface area contributed by atoms with Gasteiger partial charge in [0.1, 0.15) is 0 Å². The van der Waals surface area contributed by atoms with E-state index >= 15 is 0 Å². The molecule has 1 nitrogen and oxygen atoms in total. The maximum atomic E-state index is 13.4. The van der Waals surface area contributed by atoms with E-state index in [1.165, 1.54) is 6.20 Å². The molecule has 0 aliphatic heterocycles. The molecule has 0 spiro atoms. The molecule has 0 unspecified atom stereocenters. The van der Waals surface area contributed by atoms with Crippen LogP contribution in [0, 0.1) is 5.82 Å². The number of benzene rings is 1. The first-order valence-corrected chi connectivity index (χ1v) is 6.94. The van der Waals surface area contributed by atoms with Crippen LogP contribution in [0.3, 0.4) is 0 Å². The van der Waals surface area contributed by atoms with Crippen LogP contribution in [0.1, 0.15) is 0 Å². The van der Waals surface area contributed by atoms with Gasteiger partial charge in [0.15, 0.2) is 11.0 Å². The lowest BCUT2D eigenvalue weighted by atomic mass is 10.1. The molecule has 0 fully saturated rings. The van der Waals surface area contributed by atoms with Gasteiger partial charge in [-0.1, -0.05) is 69.6 Å². The lowest BCUT2D eigenvalue weighted by Gasteiger charge is -2.12. The minimum Gasteiger partial charge on any atom is -0.241 e. The van der Waals surface area contributed by atoms with Crippen LogP contribution in [0.2, 0.25) is 30.3 Å². The van der Waals surface area contributed by atoms with Gasteiger partial charge in [0.2, 0.25) is 0 Å². The standard InChI is InChI=1S/C11H2Cl6FN/c12-6-5(3-1-4(18)11(17)19-2-3)7(13)9(15)10(16)8(6)14/h1-2H. The molecule has 0 saturated carbocycles. The summed E-state index contributed by atoms with van der Waals surface area (Å²) in [6.07, 6.45) is 1.30. The van der Waals surface area contributed by atoms with Crippen LogP contribution in [-0.2, 0) is 0 Å². The fourth-order valence-electron chi connectivity index (χ4n) is 1.42. The summed E-state index contributed by atoms with van der Waals surface area (Å²) in [5.41, 5.74) is 0.531. The van der Waals surface area contributed by atoms with Crippen LogP contribution >= 0.6 is 69.6 Å². The van der Waals surface area contributed by atoms with Crippen molar-refractivity contribution >= 4 is 69.6 Å². The van der Waals surface area contributed by atoms with Gasteiger partial charge in [-0.25, -0.2) is 9.37 Å². The van der Waals surface area contributed by atoms with E-state index in [9.17, 15) is 4.39 Å². The van der Waals surface area contributed by atoms with Crippen LogP contribution in [0.25, 0.3) is 11.1 Å². The van der Waals surface area contributed by atoms with Crippen molar-refractivity contribution in [2.24, 2.45) is 0 Å². The van der Waals surface area contributed by atoms with Gasteiger partial charge in [-0.2, -0.15) is 0 Å². The molecule has 8 heteroatoms. The van der Waals surface area contributed by atoms with E-state index in [4.69, 9.17) is 69.6 Å². The summed E-state index contributed by atoms with van der Waals surface area (Å²) in [7, 11) is 0. The maximum Gasteiger partial charge on any atom is 0.164 e. The highest BCUT2D eigenvalue weighted by atomic mass is 35.5. The SMILES string of the molecule is Fc1cc(-c2c(Cl)c(Cl)c(Cl)c(Cl)c2Cl)cnc1Cl. The highest BCUT2D eigenvalue weighted by Gasteiger charge is 2.21. The van der Waals surface area contributed by atoms with Crippen LogP contribution < -0.4 is 0 Å². The number of hydrogen-bond donors (Lipinski definition) is 0. The van der Waals surface area contributed by atoms with E-state index in [0.29, 0.717) is 0 Å². The Bertz CT molecular complexity index is 644. The minimum atomic E-state index is -0.714. The van der Waals surface area contributed by atoms with E-state index < -0.39 is 5.82 Å². The summed E-state index contributed by atoms with van der Waals surface area (Å²) in [5.74, 6) is -0.714. The van der Waals surface area contributed by atoms with Gasteiger partial charge in [-0.05, 0) is 6.07 Å². The molecule has 1 heterocycles. The molecule has 0 atom stereocenters. The number of aromatic nitrogens is 1. The molecule has 2 aromatic rings. The first kappa shape index (κ1) is 15.4. The smallest absolute Gasteiger partial charge is 0.164 e. The van der Waals surface area contributed by atoms with Gasteiger partial charge in [-0.15, -0.1) is 0 Å². The third kappa shape index (κ3) is 2.76. The van der Waals surface area contributed by atoms with Crippen molar-refractivity contribution in [3.05, 3.63) is 48.3 Å². The van der Waals surface area contributed by atoms with Gasteiger partial charge >= 0.3 is 0 Å². The molecular weight excluding hydrogens is 378 g/mol. The van der Waals surface area contributed by atoms with E-state index in [1.807, 2.05) is 0 Å². The van der Waals surface area contributed by atoms with Gasteiger partial charge < -0.3 is 0 Å². The topological polar surface area (TPSA) is 12.9 Å². The maximum absolute atomic E-state index is 13.4. The quantitative estimate of drug-likeness (QED) is 0.301. The van der Waals surface area contributed by atoms with Crippen LogP contribution in [0.5, 0.6) is 0 Å². The third-order valence-corrected chi connectivity index (χ3v) is 4.85. The molecule has 0 aliphatic carbocycles. The van der Waals surface area contributed by atoms with Crippen molar-refractivity contribution in [1.29, 1.82) is 0 Å². The normalized spacial score (nSPS) is 10.9. The first-order valence-electron chi connectivity index (χ1n) is 4.67. The number of nitrogens with zero attached hydrogens (tertiary/aromatic N) is 1. The summed E-state index contributed by atoms with van der Waals surface area (Å²) < 4.78 is 13.4. The number of halogens is 7. The van der Waals surface area contributed by atoms with Crippen molar-refractivity contribution in [2.75, 3.05) is 0 Å². The zero-order valence-electron chi connectivity index (χ0n) is 8.75. The van der Waals surface area contributed by atoms with Crippen LogP contribution in [0.15, 0.2) is 12.3 Å². The van der Waals surface area contributed by atoms with Crippen molar-refractivity contribution in [2.45, 2.75) is 0 Å². The average molecular weight is 380 g/mol. The highest BCUT2D eigenvalue weighted by Crippen LogP contribution is 2.48. The zero-order valence-corrected chi connectivity index (χ0v) is 13.3. The molecule has 0 amide bonds. The molecule has 0 aliphatic rings. The van der Waals surface area contributed by atoms with Crippen molar-refractivity contribution in [3.8, 4) is 11.1 Å². The molecule has 0 bridgehead atoms. The monoisotopic (exact) mass is 377 g/mol. The number of hydrogen-bond acceptors (Lipinski definition) is 1. The third-order valence-electron chi connectivity index (χ3n) is 2.29. The summed E-state index contributed by atoms with van der Waals surface area (Å²) in [4.78, 5) is 3.67. The average Bonchev–Trinajstić information content (AvgIpc) is 2.38. The molecule has 100 valence electrons. The molecule has 1 aromatic heterocycles.